The van der Waals surface area contributed by atoms with E-state index in [-0.39, 0.29) is 0 Å². The molecule has 11 heteroatoms. The van der Waals surface area contributed by atoms with Crippen LogP contribution in [0, 0.1) is 0 Å². The maximum Gasteiger partial charge on any atom is 0.574 e. The SMILES string of the molecule is COC(=O)Cc1c(OC(F)(F)F)ncc(OC)c1C(F)(F)F. The van der Waals surface area contributed by atoms with Gasteiger partial charge in [-0.25, -0.2) is 4.98 Å². The van der Waals surface area contributed by atoms with Gasteiger partial charge in [-0.15, -0.1) is 13.2 Å². The summed E-state index contributed by atoms with van der Waals surface area (Å²) in [4.78, 5) is 14.3. The smallest absolute Gasteiger partial charge is 0.494 e. The van der Waals surface area contributed by atoms with Crippen molar-refractivity contribution in [3.63, 3.8) is 0 Å². The Morgan fingerprint density at radius 2 is 1.77 bits per heavy atom. The first kappa shape index (κ1) is 17.9. The molecule has 1 heterocycles. The van der Waals surface area contributed by atoms with Gasteiger partial charge in [-0.3, -0.25) is 4.79 Å². The average molecular weight is 333 g/mol. The van der Waals surface area contributed by atoms with Gasteiger partial charge in [-0.1, -0.05) is 0 Å². The molecule has 0 aliphatic carbocycles. The highest BCUT2D eigenvalue weighted by Crippen LogP contribution is 2.42. The summed E-state index contributed by atoms with van der Waals surface area (Å²) in [7, 11) is 1.74. The zero-order valence-electron chi connectivity index (χ0n) is 11.1. The summed E-state index contributed by atoms with van der Waals surface area (Å²) in [5.41, 5.74) is -2.72. The summed E-state index contributed by atoms with van der Waals surface area (Å²) in [6.07, 6.45) is -11.1. The average Bonchev–Trinajstić information content (AvgIpc) is 2.37. The van der Waals surface area contributed by atoms with Gasteiger partial charge in [0.25, 0.3) is 0 Å². The number of methoxy groups -OCH3 is 2. The highest BCUT2D eigenvalue weighted by Gasteiger charge is 2.42. The van der Waals surface area contributed by atoms with E-state index in [1.807, 2.05) is 0 Å². The second-order valence-corrected chi connectivity index (χ2v) is 3.78. The van der Waals surface area contributed by atoms with Crippen LogP contribution in [0.15, 0.2) is 6.20 Å². The monoisotopic (exact) mass is 333 g/mol. The number of halogens is 6. The van der Waals surface area contributed by atoms with E-state index >= 15 is 0 Å². The number of hydrogen-bond acceptors (Lipinski definition) is 5. The Balaban J connectivity index is 3.54. The second kappa shape index (κ2) is 6.28. The fourth-order valence-electron chi connectivity index (χ4n) is 1.56. The van der Waals surface area contributed by atoms with Crippen LogP contribution in [-0.2, 0) is 22.1 Å². The lowest BCUT2D eigenvalue weighted by atomic mass is 10.1. The second-order valence-electron chi connectivity index (χ2n) is 3.78. The summed E-state index contributed by atoms with van der Waals surface area (Å²) >= 11 is 0. The molecule has 124 valence electrons. The number of ether oxygens (including phenoxy) is 3. The van der Waals surface area contributed by atoms with Gasteiger partial charge in [0.2, 0.25) is 5.88 Å². The molecule has 0 bridgehead atoms. The van der Waals surface area contributed by atoms with E-state index < -0.39 is 47.7 Å². The Morgan fingerprint density at radius 1 is 1.18 bits per heavy atom. The molecule has 0 N–H and O–H groups in total. The van der Waals surface area contributed by atoms with Crippen molar-refractivity contribution in [2.45, 2.75) is 19.0 Å². The number of pyridine rings is 1. The number of rotatable bonds is 4. The minimum Gasteiger partial charge on any atom is -0.494 e. The lowest BCUT2D eigenvalue weighted by Gasteiger charge is -2.19. The Labute approximate surface area is 119 Å². The first-order valence-corrected chi connectivity index (χ1v) is 5.45. The molecule has 1 rings (SSSR count). The zero-order chi connectivity index (χ0) is 17.1. The first-order chi connectivity index (χ1) is 9.99. The third kappa shape index (κ3) is 4.40. The number of nitrogens with zero attached hydrogens (tertiary/aromatic N) is 1. The maximum absolute atomic E-state index is 13.1. The molecule has 0 amide bonds. The number of hydrogen-bond donors (Lipinski definition) is 0. The molecular formula is C11H9F6NO4. The van der Waals surface area contributed by atoms with E-state index in [9.17, 15) is 31.1 Å². The van der Waals surface area contributed by atoms with Gasteiger partial charge in [0.1, 0.15) is 11.3 Å². The summed E-state index contributed by atoms with van der Waals surface area (Å²) in [5.74, 6) is -3.44. The van der Waals surface area contributed by atoms with Crippen LogP contribution in [0.25, 0.3) is 0 Å². The van der Waals surface area contributed by atoms with E-state index in [1.54, 1.807) is 0 Å². The van der Waals surface area contributed by atoms with Crippen LogP contribution in [0.5, 0.6) is 11.6 Å². The Bertz CT molecular complexity index is 555. The van der Waals surface area contributed by atoms with E-state index in [0.717, 1.165) is 14.2 Å². The predicted molar refractivity (Wildman–Crippen MR) is 58.2 cm³/mol. The van der Waals surface area contributed by atoms with Crippen LogP contribution in [0.1, 0.15) is 11.1 Å². The summed E-state index contributed by atoms with van der Waals surface area (Å²) < 4.78 is 88.0. The molecule has 0 atom stereocenters. The number of aromatic nitrogens is 1. The van der Waals surface area contributed by atoms with Crippen molar-refractivity contribution in [2.24, 2.45) is 0 Å². The normalized spacial score (nSPS) is 12.0. The van der Waals surface area contributed by atoms with E-state index in [4.69, 9.17) is 0 Å². The zero-order valence-corrected chi connectivity index (χ0v) is 11.1. The molecule has 1 aromatic heterocycles. The molecule has 0 fully saturated rings. The Morgan fingerprint density at radius 3 is 2.18 bits per heavy atom. The lowest BCUT2D eigenvalue weighted by Crippen LogP contribution is -2.22. The van der Waals surface area contributed by atoms with Crippen LogP contribution >= 0.6 is 0 Å². The molecule has 0 aliphatic heterocycles. The van der Waals surface area contributed by atoms with Crippen molar-refractivity contribution < 1.29 is 45.3 Å². The van der Waals surface area contributed by atoms with Gasteiger partial charge < -0.3 is 14.2 Å². The molecule has 22 heavy (non-hydrogen) atoms. The third-order valence-electron chi connectivity index (χ3n) is 2.37. The topological polar surface area (TPSA) is 57.7 Å². The molecule has 0 aliphatic rings. The van der Waals surface area contributed by atoms with Gasteiger partial charge in [0.05, 0.1) is 26.8 Å². The van der Waals surface area contributed by atoms with Crippen LogP contribution in [0.4, 0.5) is 26.3 Å². The van der Waals surface area contributed by atoms with Gasteiger partial charge in [-0.05, 0) is 0 Å². The fraction of sp³-hybridized carbons (Fsp3) is 0.455. The molecule has 0 aromatic carbocycles. The van der Waals surface area contributed by atoms with Crippen molar-refractivity contribution in [2.75, 3.05) is 14.2 Å². The number of alkyl halides is 6. The van der Waals surface area contributed by atoms with Crippen LogP contribution in [0.3, 0.4) is 0 Å². The highest BCUT2D eigenvalue weighted by atomic mass is 19.4. The van der Waals surface area contributed by atoms with E-state index in [2.05, 4.69) is 19.2 Å². The van der Waals surface area contributed by atoms with Crippen LogP contribution in [0.2, 0.25) is 0 Å². The largest absolute Gasteiger partial charge is 0.574 e. The van der Waals surface area contributed by atoms with E-state index in [1.165, 1.54) is 0 Å². The van der Waals surface area contributed by atoms with E-state index in [0.29, 0.717) is 6.20 Å². The lowest BCUT2D eigenvalue weighted by molar-refractivity contribution is -0.276. The molecule has 0 saturated carbocycles. The first-order valence-electron chi connectivity index (χ1n) is 5.45. The van der Waals surface area contributed by atoms with Crippen LogP contribution in [-0.4, -0.2) is 31.5 Å². The Hall–Kier alpha value is -2.20. The van der Waals surface area contributed by atoms with Crippen molar-refractivity contribution in [1.29, 1.82) is 0 Å². The third-order valence-corrected chi connectivity index (χ3v) is 2.37. The summed E-state index contributed by atoms with van der Waals surface area (Å²) in [6, 6.07) is 0. The van der Waals surface area contributed by atoms with Crippen molar-refractivity contribution in [1.82, 2.24) is 4.98 Å². The molecule has 5 nitrogen and oxygen atoms in total. The molecule has 0 saturated heterocycles. The number of esters is 1. The summed E-state index contributed by atoms with van der Waals surface area (Å²) in [5, 5.41) is 0. The Kier molecular flexibility index (Phi) is 5.09. The number of carbonyl (C=O) groups is 1. The molecule has 1 aromatic rings. The minimum absolute atomic E-state index is 0.421. The van der Waals surface area contributed by atoms with Gasteiger partial charge >= 0.3 is 18.5 Å². The fourth-order valence-corrected chi connectivity index (χ4v) is 1.56. The minimum atomic E-state index is -5.28. The quantitative estimate of drug-likeness (QED) is 0.626. The number of carbonyl (C=O) groups excluding carboxylic acids is 1. The van der Waals surface area contributed by atoms with Gasteiger partial charge in [0, 0.05) is 5.56 Å². The maximum atomic E-state index is 13.1. The molecule has 0 unspecified atom stereocenters. The molecule has 0 spiro atoms. The van der Waals surface area contributed by atoms with Crippen molar-refractivity contribution in [3.05, 3.63) is 17.3 Å². The van der Waals surface area contributed by atoms with Gasteiger partial charge in [-0.2, -0.15) is 13.2 Å². The molecular weight excluding hydrogens is 324 g/mol. The predicted octanol–water partition coefficient (Wildman–Crippen LogP) is 2.72. The highest BCUT2D eigenvalue weighted by molar-refractivity contribution is 5.74. The van der Waals surface area contributed by atoms with Gasteiger partial charge in [0.15, 0.2) is 0 Å². The summed E-state index contributed by atoms with van der Waals surface area (Å²) in [6.45, 7) is 0. The van der Waals surface area contributed by atoms with Crippen molar-refractivity contribution >= 4 is 5.97 Å². The molecule has 0 radical (unpaired) electrons. The van der Waals surface area contributed by atoms with Crippen molar-refractivity contribution in [3.8, 4) is 11.6 Å². The standard InChI is InChI=1S/C11H9F6NO4/c1-20-6-4-18-9(22-11(15,16)17)5(3-7(19)21-2)8(6)10(12,13)14/h4H,3H2,1-2H3. The van der Waals surface area contributed by atoms with Crippen LogP contribution < -0.4 is 9.47 Å².